The van der Waals surface area contributed by atoms with E-state index in [-0.39, 0.29) is 18.9 Å². The highest BCUT2D eigenvalue weighted by Gasteiger charge is 2.29. The van der Waals surface area contributed by atoms with Crippen LogP contribution in [-0.4, -0.2) is 10.9 Å². The molecule has 0 radical (unpaired) electrons. The molecule has 1 N–H and O–H groups in total. The van der Waals surface area contributed by atoms with Gasteiger partial charge < -0.3 is 5.32 Å². The van der Waals surface area contributed by atoms with Gasteiger partial charge in [-0.15, -0.1) is 11.3 Å². The predicted octanol–water partition coefficient (Wildman–Crippen LogP) is 3.02. The Kier molecular flexibility index (Phi) is 4.39. The lowest BCUT2D eigenvalue weighted by Gasteiger charge is -2.08. The number of amides is 1. The first-order chi connectivity index (χ1) is 9.45. The Morgan fingerprint density at radius 3 is 2.50 bits per heavy atom. The van der Waals surface area contributed by atoms with Gasteiger partial charge in [0.1, 0.15) is 0 Å². The zero-order valence-electron chi connectivity index (χ0n) is 10.3. The van der Waals surface area contributed by atoms with Gasteiger partial charge in [0, 0.05) is 11.9 Å². The van der Waals surface area contributed by atoms with E-state index in [2.05, 4.69) is 10.3 Å². The van der Waals surface area contributed by atoms with Crippen molar-refractivity contribution in [2.45, 2.75) is 19.1 Å². The summed E-state index contributed by atoms with van der Waals surface area (Å²) in [6.07, 6.45) is -4.17. The maximum Gasteiger partial charge on any atom is 0.416 e. The van der Waals surface area contributed by atoms with Crippen molar-refractivity contribution < 1.29 is 18.0 Å². The summed E-state index contributed by atoms with van der Waals surface area (Å²) in [6, 6.07) is 4.71. The number of hydrogen-bond acceptors (Lipinski definition) is 3. The lowest BCUT2D eigenvalue weighted by molar-refractivity contribution is -0.137. The molecular weight excluding hydrogens is 289 g/mol. The van der Waals surface area contributed by atoms with Crippen molar-refractivity contribution in [3.8, 4) is 0 Å². The zero-order chi connectivity index (χ0) is 14.6. The molecule has 106 valence electrons. The minimum atomic E-state index is -4.34. The average Bonchev–Trinajstić information content (AvgIpc) is 2.88. The maximum atomic E-state index is 12.4. The first-order valence-electron chi connectivity index (χ1n) is 5.75. The molecule has 0 bridgehead atoms. The van der Waals surface area contributed by atoms with Crippen molar-refractivity contribution in [1.82, 2.24) is 10.3 Å². The highest BCUT2D eigenvalue weighted by Crippen LogP contribution is 2.28. The molecule has 1 heterocycles. The first-order valence-corrected chi connectivity index (χ1v) is 6.69. The van der Waals surface area contributed by atoms with Gasteiger partial charge in [0.15, 0.2) is 0 Å². The van der Waals surface area contributed by atoms with Crippen LogP contribution in [0.1, 0.15) is 16.8 Å². The molecular formula is C13H11F3N2OS. The summed E-state index contributed by atoms with van der Waals surface area (Å²) in [4.78, 5) is 15.6. The monoisotopic (exact) mass is 300 g/mol. The number of carbonyl (C=O) groups excluding carboxylic acids is 1. The van der Waals surface area contributed by atoms with Crippen molar-refractivity contribution in [3.05, 3.63) is 52.0 Å². The van der Waals surface area contributed by atoms with E-state index in [4.69, 9.17) is 0 Å². The lowest BCUT2D eigenvalue weighted by Crippen LogP contribution is -2.24. The van der Waals surface area contributed by atoms with Crippen molar-refractivity contribution in [2.24, 2.45) is 0 Å². The topological polar surface area (TPSA) is 42.0 Å². The normalized spacial score (nSPS) is 11.3. The van der Waals surface area contributed by atoms with Gasteiger partial charge in [0.05, 0.1) is 23.2 Å². The number of hydrogen-bond donors (Lipinski definition) is 1. The number of benzene rings is 1. The molecule has 0 unspecified atom stereocenters. The van der Waals surface area contributed by atoms with Crippen molar-refractivity contribution in [3.63, 3.8) is 0 Å². The van der Waals surface area contributed by atoms with Crippen LogP contribution in [0, 0.1) is 0 Å². The molecule has 2 aromatic rings. The van der Waals surface area contributed by atoms with Gasteiger partial charge in [-0.25, -0.2) is 4.98 Å². The minimum absolute atomic E-state index is 0.171. The van der Waals surface area contributed by atoms with E-state index >= 15 is 0 Å². The molecule has 0 aliphatic rings. The summed E-state index contributed by atoms with van der Waals surface area (Å²) < 4.78 is 37.1. The predicted molar refractivity (Wildman–Crippen MR) is 69.1 cm³/mol. The molecule has 0 saturated carbocycles. The number of alkyl halides is 3. The Morgan fingerprint density at radius 2 is 1.95 bits per heavy atom. The number of nitrogens with zero attached hydrogens (tertiary/aromatic N) is 1. The van der Waals surface area contributed by atoms with Gasteiger partial charge in [-0.05, 0) is 17.7 Å². The molecule has 2 rings (SSSR count). The van der Waals surface area contributed by atoms with E-state index in [1.807, 2.05) is 0 Å². The number of nitrogens with one attached hydrogen (secondary N) is 1. The largest absolute Gasteiger partial charge is 0.416 e. The van der Waals surface area contributed by atoms with Crippen molar-refractivity contribution >= 4 is 17.2 Å². The fourth-order valence-electron chi connectivity index (χ4n) is 1.56. The van der Waals surface area contributed by atoms with Gasteiger partial charge in [-0.3, -0.25) is 4.79 Å². The molecule has 3 nitrogen and oxygen atoms in total. The third-order valence-corrected chi connectivity index (χ3v) is 3.23. The summed E-state index contributed by atoms with van der Waals surface area (Å²) in [5, 5.41) is 4.42. The Balaban J connectivity index is 1.86. The van der Waals surface area contributed by atoms with Gasteiger partial charge in [0.25, 0.3) is 0 Å². The van der Waals surface area contributed by atoms with Crippen LogP contribution in [-0.2, 0) is 23.9 Å². The van der Waals surface area contributed by atoms with Crippen LogP contribution in [0.15, 0.2) is 35.2 Å². The fourth-order valence-corrected chi connectivity index (χ4v) is 2.12. The third kappa shape index (κ3) is 4.06. The van der Waals surface area contributed by atoms with Gasteiger partial charge in [-0.2, -0.15) is 13.2 Å². The van der Waals surface area contributed by atoms with Crippen LogP contribution in [0.4, 0.5) is 13.2 Å². The second kappa shape index (κ2) is 6.04. The summed E-state index contributed by atoms with van der Waals surface area (Å²) in [6.45, 7) is 0.196. The molecule has 0 atom stereocenters. The number of carbonyl (C=O) groups is 1. The molecule has 0 spiro atoms. The molecule has 1 aromatic carbocycles. The maximum absolute atomic E-state index is 12.4. The standard InChI is InChI=1S/C13H11F3N2OS/c14-13(15,16)10-3-1-9(2-4-10)6-17-12(19)5-11-7-20-8-18-11/h1-4,7-8H,5-6H2,(H,17,19). The van der Waals surface area contributed by atoms with Crippen LogP contribution in [0.2, 0.25) is 0 Å². The van der Waals surface area contributed by atoms with Crippen molar-refractivity contribution in [1.29, 1.82) is 0 Å². The Morgan fingerprint density at radius 1 is 1.25 bits per heavy atom. The number of halogens is 3. The highest BCUT2D eigenvalue weighted by atomic mass is 32.1. The van der Waals surface area contributed by atoms with E-state index in [0.29, 0.717) is 11.3 Å². The van der Waals surface area contributed by atoms with E-state index in [1.54, 1.807) is 10.9 Å². The van der Waals surface area contributed by atoms with Crippen LogP contribution < -0.4 is 5.32 Å². The third-order valence-electron chi connectivity index (χ3n) is 2.60. The lowest BCUT2D eigenvalue weighted by atomic mass is 10.1. The first kappa shape index (κ1) is 14.5. The SMILES string of the molecule is O=C(Cc1cscn1)NCc1ccc(C(F)(F)F)cc1. The van der Waals surface area contributed by atoms with Gasteiger partial charge >= 0.3 is 6.18 Å². The number of rotatable bonds is 4. The minimum Gasteiger partial charge on any atom is -0.352 e. The van der Waals surface area contributed by atoms with E-state index in [0.717, 1.165) is 12.1 Å². The Labute approximate surface area is 117 Å². The van der Waals surface area contributed by atoms with Crippen LogP contribution in [0.25, 0.3) is 0 Å². The number of aromatic nitrogens is 1. The quantitative estimate of drug-likeness (QED) is 0.943. The molecule has 1 aromatic heterocycles. The average molecular weight is 300 g/mol. The van der Waals surface area contributed by atoms with Gasteiger partial charge in [-0.1, -0.05) is 12.1 Å². The van der Waals surface area contributed by atoms with Crippen LogP contribution in [0.5, 0.6) is 0 Å². The molecule has 0 fully saturated rings. The van der Waals surface area contributed by atoms with E-state index < -0.39 is 11.7 Å². The van der Waals surface area contributed by atoms with Crippen molar-refractivity contribution in [2.75, 3.05) is 0 Å². The summed E-state index contributed by atoms with van der Waals surface area (Å²) in [7, 11) is 0. The second-order valence-electron chi connectivity index (χ2n) is 4.13. The smallest absolute Gasteiger partial charge is 0.352 e. The molecule has 0 saturated heterocycles. The zero-order valence-corrected chi connectivity index (χ0v) is 11.1. The highest BCUT2D eigenvalue weighted by molar-refractivity contribution is 7.07. The Bertz CT molecular complexity index is 564. The molecule has 20 heavy (non-hydrogen) atoms. The summed E-state index contributed by atoms with van der Waals surface area (Å²) in [5.41, 5.74) is 2.23. The fraction of sp³-hybridized carbons (Fsp3) is 0.231. The Hall–Kier alpha value is -1.89. The summed E-state index contributed by atoms with van der Waals surface area (Å²) >= 11 is 1.40. The molecule has 0 aliphatic carbocycles. The second-order valence-corrected chi connectivity index (χ2v) is 4.85. The van der Waals surface area contributed by atoms with E-state index in [1.165, 1.54) is 23.5 Å². The number of thiazole rings is 1. The summed E-state index contributed by atoms with van der Waals surface area (Å²) in [5.74, 6) is -0.212. The van der Waals surface area contributed by atoms with Crippen LogP contribution >= 0.6 is 11.3 Å². The van der Waals surface area contributed by atoms with E-state index in [9.17, 15) is 18.0 Å². The molecule has 1 amide bonds. The molecule has 0 aliphatic heterocycles. The molecule has 7 heteroatoms. The van der Waals surface area contributed by atoms with Gasteiger partial charge in [0.2, 0.25) is 5.91 Å². The van der Waals surface area contributed by atoms with Crippen LogP contribution in [0.3, 0.4) is 0 Å².